The molecule has 0 fully saturated rings. The maximum absolute atomic E-state index is 11.9. The number of nitrogens with zero attached hydrogens (tertiary/aromatic N) is 2. The van der Waals surface area contributed by atoms with Crippen molar-refractivity contribution in [3.8, 4) is 11.6 Å². The number of aromatic hydroxyl groups is 1. The lowest BCUT2D eigenvalue weighted by Gasteiger charge is -2.09. The first-order valence-electron chi connectivity index (χ1n) is 6.92. The normalized spacial score (nSPS) is 12.2. The fourth-order valence-corrected chi connectivity index (χ4v) is 2.01. The Labute approximate surface area is 139 Å². The number of carboxylic acids is 2. The molecule has 1 aromatic carbocycles. The van der Waals surface area contributed by atoms with E-state index in [-0.39, 0.29) is 5.69 Å². The van der Waals surface area contributed by atoms with Crippen molar-refractivity contribution in [3.63, 3.8) is 0 Å². The molecule has 2 aromatic rings. The largest absolute Gasteiger partial charge is 0.493 e. The van der Waals surface area contributed by atoms with Crippen molar-refractivity contribution in [2.24, 2.45) is 4.99 Å². The topological polar surface area (TPSA) is 162 Å². The Balaban J connectivity index is 2.54. The SMILES string of the molecule is O=C(O)C[C@H](N=Cc1c(O)n(-c2ccccc2)c(=O)[nH]c1=O)C(=O)O. The number of aromatic amines is 1. The van der Waals surface area contributed by atoms with Crippen LogP contribution >= 0.6 is 0 Å². The quantitative estimate of drug-likeness (QED) is 0.516. The lowest BCUT2D eigenvalue weighted by atomic mass is 10.2. The summed E-state index contributed by atoms with van der Waals surface area (Å²) in [5, 5.41) is 27.8. The summed E-state index contributed by atoms with van der Waals surface area (Å²) >= 11 is 0. The highest BCUT2D eigenvalue weighted by Crippen LogP contribution is 2.15. The summed E-state index contributed by atoms with van der Waals surface area (Å²) in [4.78, 5) is 50.9. The Morgan fingerprint density at radius 3 is 2.40 bits per heavy atom. The van der Waals surface area contributed by atoms with Gasteiger partial charge in [0.25, 0.3) is 5.56 Å². The van der Waals surface area contributed by atoms with E-state index in [1.807, 2.05) is 4.98 Å². The third kappa shape index (κ3) is 3.99. The molecule has 0 aliphatic carbocycles. The third-order valence-electron chi connectivity index (χ3n) is 3.17. The highest BCUT2D eigenvalue weighted by atomic mass is 16.4. The van der Waals surface area contributed by atoms with Crippen LogP contribution in [0.15, 0.2) is 44.9 Å². The summed E-state index contributed by atoms with van der Waals surface area (Å²) in [5.41, 5.74) is -2.10. The molecule has 4 N–H and O–H groups in total. The summed E-state index contributed by atoms with van der Waals surface area (Å²) in [6.07, 6.45) is -0.0718. The molecular formula is C15H13N3O7. The van der Waals surface area contributed by atoms with Gasteiger partial charge < -0.3 is 15.3 Å². The number of benzene rings is 1. The van der Waals surface area contributed by atoms with Gasteiger partial charge in [0.05, 0.1) is 12.1 Å². The second kappa shape index (κ2) is 7.25. The fourth-order valence-electron chi connectivity index (χ4n) is 2.01. The number of H-pyrrole nitrogens is 1. The summed E-state index contributed by atoms with van der Waals surface area (Å²) in [7, 11) is 0. The van der Waals surface area contributed by atoms with Gasteiger partial charge in [-0.15, -0.1) is 0 Å². The van der Waals surface area contributed by atoms with Crippen molar-refractivity contribution in [1.29, 1.82) is 0 Å². The first-order valence-corrected chi connectivity index (χ1v) is 6.92. The van der Waals surface area contributed by atoms with Crippen LogP contribution in [0.3, 0.4) is 0 Å². The van der Waals surface area contributed by atoms with E-state index >= 15 is 0 Å². The molecule has 0 saturated carbocycles. The molecule has 130 valence electrons. The maximum atomic E-state index is 11.9. The molecule has 10 heteroatoms. The number of carboxylic acid groups (broad SMARTS) is 2. The van der Waals surface area contributed by atoms with Crippen LogP contribution in [0.1, 0.15) is 12.0 Å². The van der Waals surface area contributed by atoms with Gasteiger partial charge in [0.15, 0.2) is 6.04 Å². The second-order valence-electron chi connectivity index (χ2n) is 4.90. The Morgan fingerprint density at radius 2 is 1.84 bits per heavy atom. The molecule has 0 amide bonds. The van der Waals surface area contributed by atoms with Crippen LogP contribution in [-0.2, 0) is 9.59 Å². The number of carbonyl (C=O) groups is 2. The van der Waals surface area contributed by atoms with Gasteiger partial charge in [-0.2, -0.15) is 0 Å². The maximum Gasteiger partial charge on any atom is 0.335 e. The Hall–Kier alpha value is -3.69. The zero-order valence-corrected chi connectivity index (χ0v) is 12.6. The van der Waals surface area contributed by atoms with E-state index in [2.05, 4.69) is 4.99 Å². The first-order chi connectivity index (χ1) is 11.8. The standard InChI is InChI=1S/C15H13N3O7/c19-11(20)6-10(14(23)24)16-7-9-12(21)17-15(25)18(13(9)22)8-4-2-1-3-5-8/h1-5,7,10,22H,6H2,(H,19,20)(H,23,24)(H,17,21,25)/t10-/m0/s1. The number of hydrogen-bond acceptors (Lipinski definition) is 6. The van der Waals surface area contributed by atoms with Gasteiger partial charge in [-0.05, 0) is 12.1 Å². The number of hydrogen-bond donors (Lipinski definition) is 4. The molecule has 1 atom stereocenters. The molecular weight excluding hydrogens is 334 g/mol. The van der Waals surface area contributed by atoms with Crippen LogP contribution in [0.25, 0.3) is 5.69 Å². The molecule has 0 saturated heterocycles. The van der Waals surface area contributed by atoms with Crippen molar-refractivity contribution in [3.05, 3.63) is 56.7 Å². The van der Waals surface area contributed by atoms with Gasteiger partial charge in [0.1, 0.15) is 5.56 Å². The Morgan fingerprint density at radius 1 is 1.20 bits per heavy atom. The molecule has 0 unspecified atom stereocenters. The average Bonchev–Trinajstić information content (AvgIpc) is 2.53. The first kappa shape index (κ1) is 17.7. The molecule has 25 heavy (non-hydrogen) atoms. The van der Waals surface area contributed by atoms with Crippen molar-refractivity contribution < 1.29 is 24.9 Å². The predicted octanol–water partition coefficient (Wildman–Crippen LogP) is -0.422. The van der Waals surface area contributed by atoms with E-state index in [0.29, 0.717) is 0 Å². The van der Waals surface area contributed by atoms with E-state index in [4.69, 9.17) is 10.2 Å². The van der Waals surface area contributed by atoms with E-state index in [0.717, 1.165) is 10.8 Å². The van der Waals surface area contributed by atoms with Gasteiger partial charge in [-0.3, -0.25) is 19.6 Å². The summed E-state index contributed by atoms with van der Waals surface area (Å²) in [6.45, 7) is 0. The molecule has 0 spiro atoms. The zero-order chi connectivity index (χ0) is 18.6. The van der Waals surface area contributed by atoms with E-state index < -0.39 is 47.1 Å². The van der Waals surface area contributed by atoms with E-state index in [1.54, 1.807) is 18.2 Å². The van der Waals surface area contributed by atoms with Crippen LogP contribution in [0.4, 0.5) is 0 Å². The van der Waals surface area contributed by atoms with Crippen LogP contribution in [0.5, 0.6) is 5.88 Å². The number of aromatic nitrogens is 2. The van der Waals surface area contributed by atoms with E-state index in [9.17, 15) is 24.3 Å². The minimum atomic E-state index is -1.64. The van der Waals surface area contributed by atoms with Crippen LogP contribution in [-0.4, -0.2) is 49.1 Å². The lowest BCUT2D eigenvalue weighted by molar-refractivity contribution is -0.144. The van der Waals surface area contributed by atoms with Gasteiger partial charge in [-0.1, -0.05) is 18.2 Å². The Kier molecular flexibility index (Phi) is 5.12. The van der Waals surface area contributed by atoms with Gasteiger partial charge in [0.2, 0.25) is 5.88 Å². The van der Waals surface area contributed by atoms with E-state index in [1.165, 1.54) is 12.1 Å². The molecule has 2 rings (SSSR count). The third-order valence-corrected chi connectivity index (χ3v) is 3.17. The van der Waals surface area contributed by atoms with Crippen molar-refractivity contribution in [2.75, 3.05) is 0 Å². The minimum absolute atomic E-state index is 0.260. The number of aliphatic imine (C=N–C) groups is 1. The number of rotatable bonds is 6. The summed E-state index contributed by atoms with van der Waals surface area (Å²) in [6, 6.07) is 6.26. The van der Waals surface area contributed by atoms with Gasteiger partial charge in [-0.25, -0.2) is 14.2 Å². The van der Waals surface area contributed by atoms with Crippen LogP contribution in [0, 0.1) is 0 Å². The minimum Gasteiger partial charge on any atom is -0.493 e. The second-order valence-corrected chi connectivity index (χ2v) is 4.90. The van der Waals surface area contributed by atoms with Crippen LogP contribution < -0.4 is 11.2 Å². The summed E-state index contributed by atoms with van der Waals surface area (Å²) in [5.74, 6) is -3.65. The zero-order valence-electron chi connectivity index (χ0n) is 12.6. The molecule has 10 nitrogen and oxygen atoms in total. The van der Waals surface area contributed by atoms with Crippen LogP contribution in [0.2, 0.25) is 0 Å². The highest BCUT2D eigenvalue weighted by Gasteiger charge is 2.20. The van der Waals surface area contributed by atoms with Gasteiger partial charge >= 0.3 is 17.6 Å². The average molecular weight is 347 g/mol. The van der Waals surface area contributed by atoms with Crippen molar-refractivity contribution in [1.82, 2.24) is 9.55 Å². The molecule has 1 aromatic heterocycles. The number of nitrogens with one attached hydrogen (secondary N) is 1. The number of para-hydroxylation sites is 1. The number of aliphatic carboxylic acids is 2. The fraction of sp³-hybridized carbons (Fsp3) is 0.133. The van der Waals surface area contributed by atoms with Crippen molar-refractivity contribution in [2.45, 2.75) is 12.5 Å². The molecule has 0 bridgehead atoms. The van der Waals surface area contributed by atoms with Crippen molar-refractivity contribution >= 4 is 18.2 Å². The Bertz CT molecular complexity index is 944. The lowest BCUT2D eigenvalue weighted by Crippen LogP contribution is -2.31. The predicted molar refractivity (Wildman–Crippen MR) is 85.6 cm³/mol. The highest BCUT2D eigenvalue weighted by molar-refractivity contribution is 5.87. The molecule has 1 heterocycles. The molecule has 0 aliphatic heterocycles. The monoisotopic (exact) mass is 347 g/mol. The molecule has 0 radical (unpaired) electrons. The molecule has 0 aliphatic rings. The van der Waals surface area contributed by atoms with Gasteiger partial charge in [0, 0.05) is 6.21 Å². The smallest absolute Gasteiger partial charge is 0.335 e. The summed E-state index contributed by atoms with van der Waals surface area (Å²) < 4.78 is 0.801.